The van der Waals surface area contributed by atoms with Crippen molar-refractivity contribution in [2.24, 2.45) is 0 Å². The van der Waals surface area contributed by atoms with E-state index in [0.717, 1.165) is 0 Å². The van der Waals surface area contributed by atoms with Crippen LogP contribution >= 0.6 is 0 Å². The van der Waals surface area contributed by atoms with Gasteiger partial charge in [-0.2, -0.15) is 0 Å². The van der Waals surface area contributed by atoms with Crippen LogP contribution in [0.3, 0.4) is 0 Å². The molecule has 0 nitrogen and oxygen atoms in total. The Hall–Kier alpha value is -0.677. The number of rotatable bonds is 0. The molecule has 0 bridgehead atoms. The summed E-state index contributed by atoms with van der Waals surface area (Å²) in [5, 5.41) is 0. The third-order valence-corrected chi connectivity index (χ3v) is 2.44. The van der Waals surface area contributed by atoms with E-state index in [-0.39, 0.29) is 19.5 Å². The summed E-state index contributed by atoms with van der Waals surface area (Å²) >= 11 is 0. The first-order chi connectivity index (χ1) is 8.00. The van der Waals surface area contributed by atoms with Gasteiger partial charge in [0.1, 0.15) is 0 Å². The minimum atomic E-state index is 0. The second-order valence-corrected chi connectivity index (χ2v) is 3.92. The van der Waals surface area contributed by atoms with E-state index in [9.17, 15) is 0 Å². The topological polar surface area (TPSA) is 0 Å². The average molecular weight is 315 g/mol. The summed E-state index contributed by atoms with van der Waals surface area (Å²) in [5.74, 6) is 0. The van der Waals surface area contributed by atoms with Crippen LogP contribution in [0.25, 0.3) is 0 Å². The molecular weight excluding hydrogens is 293 g/mol. The first-order valence-electron chi connectivity index (χ1n) is 6.28. The third kappa shape index (κ3) is 11.6. The SMILES string of the molecule is C1=CC=CCCC=C1.C1=CCCC=CCC1.[Ru]. The molecule has 2 aliphatic rings. The Morgan fingerprint density at radius 2 is 0.647 bits per heavy atom. The standard InChI is InChI=1S/C8H12.C8H10.Ru/c2*1-2-4-6-8-7-5-3-1;/h1-2,7-8H,3-6H2;1-6H,7-8H2;. The Bertz CT molecular complexity index is 251. The van der Waals surface area contributed by atoms with E-state index in [1.54, 1.807) is 0 Å². The second-order valence-electron chi connectivity index (χ2n) is 3.92. The Kier molecular flexibility index (Phi) is 12.9. The molecule has 0 atom stereocenters. The van der Waals surface area contributed by atoms with Crippen LogP contribution in [-0.4, -0.2) is 0 Å². The fraction of sp³-hybridized carbons (Fsp3) is 0.375. The van der Waals surface area contributed by atoms with Gasteiger partial charge in [0.25, 0.3) is 0 Å². The number of allylic oxidation sites excluding steroid dienone is 10. The Morgan fingerprint density at radius 1 is 0.353 bits per heavy atom. The fourth-order valence-electron chi connectivity index (χ4n) is 1.53. The van der Waals surface area contributed by atoms with E-state index in [2.05, 4.69) is 60.8 Å². The zero-order valence-electron chi connectivity index (χ0n) is 10.4. The van der Waals surface area contributed by atoms with Crippen LogP contribution in [0.15, 0.2) is 60.8 Å². The molecule has 0 unspecified atom stereocenters. The monoisotopic (exact) mass is 316 g/mol. The van der Waals surface area contributed by atoms with Gasteiger partial charge in [-0.3, -0.25) is 0 Å². The molecule has 0 aliphatic heterocycles. The minimum Gasteiger partial charge on any atom is -0.0882 e. The largest absolute Gasteiger partial charge is 0.0882 e. The van der Waals surface area contributed by atoms with Gasteiger partial charge in [0.2, 0.25) is 0 Å². The summed E-state index contributed by atoms with van der Waals surface area (Å²) < 4.78 is 0. The Balaban J connectivity index is 0.000000284. The average Bonchev–Trinajstić information content (AvgIpc) is 2.15. The molecule has 94 valence electrons. The van der Waals surface area contributed by atoms with Crippen molar-refractivity contribution in [2.75, 3.05) is 0 Å². The number of hydrogen-bond acceptors (Lipinski definition) is 0. The minimum absolute atomic E-state index is 0. The van der Waals surface area contributed by atoms with E-state index < -0.39 is 0 Å². The third-order valence-electron chi connectivity index (χ3n) is 2.44. The predicted molar refractivity (Wildman–Crippen MR) is 73.4 cm³/mol. The summed E-state index contributed by atoms with van der Waals surface area (Å²) in [4.78, 5) is 0. The molecule has 0 saturated heterocycles. The van der Waals surface area contributed by atoms with Gasteiger partial charge < -0.3 is 0 Å². The van der Waals surface area contributed by atoms with Gasteiger partial charge >= 0.3 is 0 Å². The quantitative estimate of drug-likeness (QED) is 0.430. The maximum absolute atomic E-state index is 2.27. The summed E-state index contributed by atoms with van der Waals surface area (Å²) in [6.07, 6.45) is 29.0. The summed E-state index contributed by atoms with van der Waals surface area (Å²) in [6, 6.07) is 0. The van der Waals surface area contributed by atoms with E-state index in [0.29, 0.717) is 0 Å². The Labute approximate surface area is 119 Å². The van der Waals surface area contributed by atoms with Gasteiger partial charge in [-0.05, 0) is 38.5 Å². The van der Waals surface area contributed by atoms with Crippen molar-refractivity contribution in [3.05, 3.63) is 60.8 Å². The Morgan fingerprint density at radius 3 is 1.00 bits per heavy atom. The van der Waals surface area contributed by atoms with Crippen LogP contribution in [0.1, 0.15) is 38.5 Å². The van der Waals surface area contributed by atoms with Crippen molar-refractivity contribution in [1.82, 2.24) is 0 Å². The van der Waals surface area contributed by atoms with Gasteiger partial charge in [0.15, 0.2) is 0 Å². The van der Waals surface area contributed by atoms with Crippen LogP contribution in [0.4, 0.5) is 0 Å². The molecule has 1 heteroatoms. The van der Waals surface area contributed by atoms with E-state index >= 15 is 0 Å². The second kappa shape index (κ2) is 13.4. The normalized spacial score (nSPS) is 17.9. The van der Waals surface area contributed by atoms with Crippen molar-refractivity contribution >= 4 is 0 Å². The molecule has 0 fully saturated rings. The molecule has 2 rings (SSSR count). The zero-order valence-corrected chi connectivity index (χ0v) is 12.1. The van der Waals surface area contributed by atoms with Crippen molar-refractivity contribution in [3.63, 3.8) is 0 Å². The molecule has 2 aliphatic carbocycles. The summed E-state index contributed by atoms with van der Waals surface area (Å²) in [5.41, 5.74) is 0. The van der Waals surface area contributed by atoms with Crippen LogP contribution in [0, 0.1) is 0 Å². The zero-order chi connectivity index (χ0) is 11.3. The fourth-order valence-corrected chi connectivity index (χ4v) is 1.53. The molecule has 0 N–H and O–H groups in total. The van der Waals surface area contributed by atoms with Crippen molar-refractivity contribution in [2.45, 2.75) is 38.5 Å². The molecule has 0 heterocycles. The maximum Gasteiger partial charge on any atom is 0 e. The molecule has 0 saturated carbocycles. The molecule has 0 aromatic rings. The van der Waals surface area contributed by atoms with Gasteiger partial charge in [-0.15, -0.1) is 0 Å². The number of hydrogen-bond donors (Lipinski definition) is 0. The van der Waals surface area contributed by atoms with Gasteiger partial charge in [-0.25, -0.2) is 0 Å². The van der Waals surface area contributed by atoms with E-state index in [1.165, 1.54) is 38.5 Å². The van der Waals surface area contributed by atoms with Crippen molar-refractivity contribution < 1.29 is 19.5 Å². The maximum atomic E-state index is 2.27. The molecule has 0 amide bonds. The van der Waals surface area contributed by atoms with Crippen LogP contribution < -0.4 is 0 Å². The van der Waals surface area contributed by atoms with Crippen LogP contribution in [0.5, 0.6) is 0 Å². The smallest absolute Gasteiger partial charge is 0 e. The molecule has 0 aromatic heterocycles. The van der Waals surface area contributed by atoms with E-state index in [4.69, 9.17) is 0 Å². The van der Waals surface area contributed by atoms with Gasteiger partial charge in [-0.1, -0.05) is 60.8 Å². The van der Waals surface area contributed by atoms with Crippen LogP contribution in [-0.2, 0) is 19.5 Å². The molecular formula is C16H22Ru. The summed E-state index contributed by atoms with van der Waals surface area (Å²) in [7, 11) is 0. The van der Waals surface area contributed by atoms with Crippen molar-refractivity contribution in [3.8, 4) is 0 Å². The first kappa shape index (κ1) is 16.3. The molecule has 0 aromatic carbocycles. The van der Waals surface area contributed by atoms with Gasteiger partial charge in [0, 0.05) is 19.5 Å². The predicted octanol–water partition coefficient (Wildman–Crippen LogP) is 5.12. The van der Waals surface area contributed by atoms with Gasteiger partial charge in [0.05, 0.1) is 0 Å². The summed E-state index contributed by atoms with van der Waals surface area (Å²) in [6.45, 7) is 0. The molecule has 17 heavy (non-hydrogen) atoms. The van der Waals surface area contributed by atoms with Crippen LogP contribution in [0.2, 0.25) is 0 Å². The first-order valence-corrected chi connectivity index (χ1v) is 6.28. The van der Waals surface area contributed by atoms with E-state index in [1.807, 2.05) is 0 Å². The molecule has 0 radical (unpaired) electrons. The van der Waals surface area contributed by atoms with Crippen molar-refractivity contribution in [1.29, 1.82) is 0 Å². The molecule has 0 spiro atoms.